The standard InChI is InChI=1S/C10H21N3/c1-6-12-10(4,7-11)8-13(5)9(2)3/h9,12H,6,8H2,1-5H3. The minimum absolute atomic E-state index is 0.423. The van der Waals surface area contributed by atoms with Gasteiger partial charge in [-0.25, -0.2) is 0 Å². The Labute approximate surface area is 81.7 Å². The molecule has 0 saturated heterocycles. The van der Waals surface area contributed by atoms with E-state index in [4.69, 9.17) is 5.26 Å². The highest BCUT2D eigenvalue weighted by Gasteiger charge is 2.24. The molecule has 0 aliphatic carbocycles. The summed E-state index contributed by atoms with van der Waals surface area (Å²) in [5.74, 6) is 0. The zero-order chi connectivity index (χ0) is 10.5. The van der Waals surface area contributed by atoms with Gasteiger partial charge in [0.2, 0.25) is 0 Å². The van der Waals surface area contributed by atoms with Gasteiger partial charge in [0.05, 0.1) is 6.07 Å². The van der Waals surface area contributed by atoms with Crippen molar-refractivity contribution >= 4 is 0 Å². The lowest BCUT2D eigenvalue weighted by molar-refractivity contribution is 0.221. The highest BCUT2D eigenvalue weighted by Crippen LogP contribution is 2.06. The van der Waals surface area contributed by atoms with E-state index in [1.165, 1.54) is 0 Å². The minimum atomic E-state index is -0.423. The van der Waals surface area contributed by atoms with Gasteiger partial charge in [0.25, 0.3) is 0 Å². The number of hydrogen-bond acceptors (Lipinski definition) is 3. The Morgan fingerprint density at radius 1 is 1.54 bits per heavy atom. The summed E-state index contributed by atoms with van der Waals surface area (Å²) in [6, 6.07) is 2.79. The monoisotopic (exact) mass is 183 g/mol. The zero-order valence-corrected chi connectivity index (χ0v) is 9.39. The molecule has 0 saturated carbocycles. The summed E-state index contributed by atoms with van der Waals surface area (Å²) in [7, 11) is 2.04. The van der Waals surface area contributed by atoms with Crippen molar-refractivity contribution in [2.24, 2.45) is 0 Å². The maximum absolute atomic E-state index is 9.01. The first-order valence-corrected chi connectivity index (χ1v) is 4.81. The lowest BCUT2D eigenvalue weighted by atomic mass is 10.0. The average Bonchev–Trinajstić information content (AvgIpc) is 2.04. The summed E-state index contributed by atoms with van der Waals surface area (Å²) in [5.41, 5.74) is -0.423. The highest BCUT2D eigenvalue weighted by molar-refractivity contribution is 5.05. The van der Waals surface area contributed by atoms with Crippen LogP contribution < -0.4 is 5.32 Å². The van der Waals surface area contributed by atoms with Crippen LogP contribution in [0.25, 0.3) is 0 Å². The van der Waals surface area contributed by atoms with E-state index in [-0.39, 0.29) is 0 Å². The Kier molecular flexibility index (Phi) is 4.97. The van der Waals surface area contributed by atoms with Crippen molar-refractivity contribution in [2.75, 3.05) is 20.1 Å². The van der Waals surface area contributed by atoms with Crippen molar-refractivity contribution < 1.29 is 0 Å². The van der Waals surface area contributed by atoms with Gasteiger partial charge < -0.3 is 4.90 Å². The second-order valence-corrected chi connectivity index (χ2v) is 3.98. The van der Waals surface area contributed by atoms with Gasteiger partial charge in [0, 0.05) is 12.6 Å². The molecular weight excluding hydrogens is 162 g/mol. The first-order valence-electron chi connectivity index (χ1n) is 4.81. The van der Waals surface area contributed by atoms with Crippen LogP contribution in [0.5, 0.6) is 0 Å². The quantitative estimate of drug-likeness (QED) is 0.696. The molecular formula is C10H21N3. The summed E-state index contributed by atoms with van der Waals surface area (Å²) in [4.78, 5) is 2.17. The number of hydrogen-bond donors (Lipinski definition) is 1. The summed E-state index contributed by atoms with van der Waals surface area (Å²) < 4.78 is 0. The van der Waals surface area contributed by atoms with Crippen LogP contribution >= 0.6 is 0 Å². The van der Waals surface area contributed by atoms with E-state index < -0.39 is 5.54 Å². The van der Waals surface area contributed by atoms with E-state index in [2.05, 4.69) is 30.1 Å². The summed E-state index contributed by atoms with van der Waals surface area (Å²) >= 11 is 0. The number of rotatable bonds is 5. The number of nitrogens with zero attached hydrogens (tertiary/aromatic N) is 2. The Morgan fingerprint density at radius 2 is 2.08 bits per heavy atom. The fourth-order valence-electron chi connectivity index (χ4n) is 1.20. The van der Waals surface area contributed by atoms with Crippen LogP contribution in [-0.2, 0) is 0 Å². The van der Waals surface area contributed by atoms with E-state index >= 15 is 0 Å². The van der Waals surface area contributed by atoms with Crippen LogP contribution in [0.1, 0.15) is 27.7 Å². The van der Waals surface area contributed by atoms with Gasteiger partial charge in [-0.1, -0.05) is 6.92 Å². The van der Waals surface area contributed by atoms with Crippen molar-refractivity contribution in [2.45, 2.75) is 39.3 Å². The second kappa shape index (κ2) is 5.21. The number of nitriles is 1. The van der Waals surface area contributed by atoms with Gasteiger partial charge in [-0.15, -0.1) is 0 Å². The molecule has 1 N–H and O–H groups in total. The third kappa shape index (κ3) is 4.25. The van der Waals surface area contributed by atoms with E-state index in [1.807, 2.05) is 20.9 Å². The summed E-state index contributed by atoms with van der Waals surface area (Å²) in [6.07, 6.45) is 0. The molecule has 3 heteroatoms. The largest absolute Gasteiger partial charge is 0.301 e. The van der Waals surface area contributed by atoms with Crippen molar-refractivity contribution in [3.63, 3.8) is 0 Å². The molecule has 0 fully saturated rings. The topological polar surface area (TPSA) is 39.1 Å². The molecule has 1 atom stereocenters. The van der Waals surface area contributed by atoms with E-state index in [9.17, 15) is 0 Å². The molecule has 0 bridgehead atoms. The molecule has 0 radical (unpaired) electrons. The molecule has 76 valence electrons. The molecule has 0 aliphatic rings. The van der Waals surface area contributed by atoms with Gasteiger partial charge in [-0.3, -0.25) is 5.32 Å². The van der Waals surface area contributed by atoms with E-state index in [0.29, 0.717) is 6.04 Å². The first-order chi connectivity index (χ1) is 5.95. The van der Waals surface area contributed by atoms with Crippen molar-refractivity contribution in [3.8, 4) is 6.07 Å². The van der Waals surface area contributed by atoms with Crippen LogP contribution in [0, 0.1) is 11.3 Å². The van der Waals surface area contributed by atoms with Crippen molar-refractivity contribution in [1.82, 2.24) is 10.2 Å². The van der Waals surface area contributed by atoms with Crippen LogP contribution in [0.3, 0.4) is 0 Å². The molecule has 0 rings (SSSR count). The van der Waals surface area contributed by atoms with E-state index in [1.54, 1.807) is 0 Å². The van der Waals surface area contributed by atoms with Gasteiger partial charge in [-0.2, -0.15) is 5.26 Å². The van der Waals surface area contributed by atoms with E-state index in [0.717, 1.165) is 13.1 Å². The normalized spacial score (nSPS) is 15.8. The molecule has 0 amide bonds. The van der Waals surface area contributed by atoms with Gasteiger partial charge in [-0.05, 0) is 34.4 Å². The maximum Gasteiger partial charge on any atom is 0.116 e. The first kappa shape index (κ1) is 12.4. The summed E-state index contributed by atoms with van der Waals surface area (Å²) in [5, 5.41) is 12.2. The predicted octanol–water partition coefficient (Wildman–Crippen LogP) is 1.22. The number of nitrogens with one attached hydrogen (secondary N) is 1. The SMILES string of the molecule is CCNC(C)(C#N)CN(C)C(C)C. The minimum Gasteiger partial charge on any atom is -0.301 e. The fraction of sp³-hybridized carbons (Fsp3) is 0.900. The molecule has 0 aliphatic heterocycles. The third-order valence-electron chi connectivity index (χ3n) is 2.26. The zero-order valence-electron chi connectivity index (χ0n) is 9.39. The molecule has 0 spiro atoms. The molecule has 0 aromatic heterocycles. The van der Waals surface area contributed by atoms with Crippen molar-refractivity contribution in [1.29, 1.82) is 5.26 Å². The molecule has 0 aromatic rings. The van der Waals surface area contributed by atoms with Gasteiger partial charge in [0.15, 0.2) is 0 Å². The number of likely N-dealkylation sites (N-methyl/N-ethyl adjacent to an activating group) is 2. The molecule has 13 heavy (non-hydrogen) atoms. The average molecular weight is 183 g/mol. The van der Waals surface area contributed by atoms with Crippen LogP contribution in [0.2, 0.25) is 0 Å². The predicted molar refractivity (Wildman–Crippen MR) is 55.5 cm³/mol. The Morgan fingerprint density at radius 3 is 2.38 bits per heavy atom. The lowest BCUT2D eigenvalue weighted by Crippen LogP contribution is -2.50. The van der Waals surface area contributed by atoms with Crippen LogP contribution in [0.4, 0.5) is 0 Å². The Bertz CT molecular complexity index is 183. The maximum atomic E-state index is 9.01. The molecule has 0 aromatic carbocycles. The molecule has 3 nitrogen and oxygen atoms in total. The van der Waals surface area contributed by atoms with Gasteiger partial charge in [0.1, 0.15) is 5.54 Å². The van der Waals surface area contributed by atoms with Gasteiger partial charge >= 0.3 is 0 Å². The van der Waals surface area contributed by atoms with Crippen LogP contribution in [0.15, 0.2) is 0 Å². The molecule has 0 heterocycles. The Balaban J connectivity index is 4.20. The third-order valence-corrected chi connectivity index (χ3v) is 2.26. The fourth-order valence-corrected chi connectivity index (χ4v) is 1.20. The smallest absolute Gasteiger partial charge is 0.116 e. The molecule has 1 unspecified atom stereocenters. The summed E-state index contributed by atoms with van der Waals surface area (Å²) in [6.45, 7) is 9.80. The Hall–Kier alpha value is -0.590. The van der Waals surface area contributed by atoms with Crippen molar-refractivity contribution in [3.05, 3.63) is 0 Å². The second-order valence-electron chi connectivity index (χ2n) is 3.98. The lowest BCUT2D eigenvalue weighted by Gasteiger charge is -2.30. The highest BCUT2D eigenvalue weighted by atomic mass is 15.2. The van der Waals surface area contributed by atoms with Crippen LogP contribution in [-0.4, -0.2) is 36.6 Å².